The zero-order valence-electron chi connectivity index (χ0n) is 16.1. The molecule has 0 heterocycles. The predicted octanol–water partition coefficient (Wildman–Crippen LogP) is 4.45. The molecule has 0 aliphatic carbocycles. The van der Waals surface area contributed by atoms with E-state index in [9.17, 15) is 20.1 Å². The summed E-state index contributed by atoms with van der Waals surface area (Å²) in [5, 5.41) is 30.2. The van der Waals surface area contributed by atoms with Crippen LogP contribution in [-0.4, -0.2) is 27.4 Å². The van der Waals surface area contributed by atoms with Crippen LogP contribution in [0, 0.1) is 5.41 Å². The molecule has 0 saturated carbocycles. The minimum Gasteiger partial charge on any atom is -0.504 e. The third-order valence-corrected chi connectivity index (χ3v) is 4.37. The first-order chi connectivity index (χ1) is 11.5. The van der Waals surface area contributed by atoms with Crippen LogP contribution < -0.4 is 0 Å². The van der Waals surface area contributed by atoms with Crippen molar-refractivity contribution in [3.8, 4) is 17.2 Å². The molecule has 0 aliphatic rings. The average Bonchev–Trinajstić information content (AvgIpc) is 2.47. The van der Waals surface area contributed by atoms with Gasteiger partial charge in [0.1, 0.15) is 5.60 Å². The molecule has 0 amide bonds. The number of hydrogen-bond acceptors (Lipinski definition) is 5. The molecule has 0 bridgehead atoms. The Balaban J connectivity index is 2.81. The fourth-order valence-corrected chi connectivity index (χ4v) is 2.85. The van der Waals surface area contributed by atoms with Gasteiger partial charge in [-0.2, -0.15) is 0 Å². The number of aromatic hydroxyl groups is 3. The lowest BCUT2D eigenvalue weighted by molar-refractivity contribution is -0.140. The van der Waals surface area contributed by atoms with Crippen molar-refractivity contribution in [1.29, 1.82) is 0 Å². The van der Waals surface area contributed by atoms with Gasteiger partial charge < -0.3 is 20.1 Å². The first kappa shape index (κ1) is 21.1. The highest BCUT2D eigenvalue weighted by Crippen LogP contribution is 2.42. The van der Waals surface area contributed by atoms with Gasteiger partial charge >= 0.3 is 0 Å². The summed E-state index contributed by atoms with van der Waals surface area (Å²) in [5.41, 5.74) is 0.897. The highest BCUT2D eigenvalue weighted by molar-refractivity contribution is 5.57. The van der Waals surface area contributed by atoms with E-state index in [4.69, 9.17) is 4.74 Å². The summed E-state index contributed by atoms with van der Waals surface area (Å²) in [6, 6.07) is 1.76. The molecule has 0 unspecified atom stereocenters. The maximum Gasteiger partial charge on any atom is 0.293 e. The number of ether oxygens (including phenoxy) is 1. The Morgan fingerprint density at radius 2 is 1.36 bits per heavy atom. The summed E-state index contributed by atoms with van der Waals surface area (Å²) in [6.45, 7) is 10.6. The van der Waals surface area contributed by atoms with Crippen LogP contribution in [0.2, 0.25) is 0 Å². The second-order valence-corrected chi connectivity index (χ2v) is 8.48. The van der Waals surface area contributed by atoms with Crippen molar-refractivity contribution in [3.63, 3.8) is 0 Å². The predicted molar refractivity (Wildman–Crippen MR) is 98.0 cm³/mol. The lowest BCUT2D eigenvalue weighted by atomic mass is 9.88. The molecule has 0 aliphatic heterocycles. The van der Waals surface area contributed by atoms with Crippen LogP contribution in [0.1, 0.15) is 71.4 Å². The second kappa shape index (κ2) is 8.45. The quantitative estimate of drug-likeness (QED) is 0.451. The summed E-state index contributed by atoms with van der Waals surface area (Å²) in [7, 11) is 0. The average molecular weight is 352 g/mol. The Labute approximate surface area is 150 Å². The normalized spacial score (nSPS) is 12.2. The number of phenolic OH excluding ortho intramolecular Hbond substituents is 3. The van der Waals surface area contributed by atoms with Gasteiger partial charge in [0.05, 0.1) is 0 Å². The van der Waals surface area contributed by atoms with Crippen molar-refractivity contribution in [3.05, 3.63) is 17.2 Å². The molecule has 1 aromatic carbocycles. The molecule has 25 heavy (non-hydrogen) atoms. The van der Waals surface area contributed by atoms with E-state index in [2.05, 4.69) is 20.8 Å². The molecule has 0 radical (unpaired) electrons. The van der Waals surface area contributed by atoms with Gasteiger partial charge in [0, 0.05) is 0 Å². The smallest absolute Gasteiger partial charge is 0.293 e. The number of carbonyl (C=O) groups is 1. The topological polar surface area (TPSA) is 87.0 Å². The zero-order chi connectivity index (χ0) is 19.3. The summed E-state index contributed by atoms with van der Waals surface area (Å²) in [5.74, 6) is -0.961. The fourth-order valence-electron chi connectivity index (χ4n) is 2.85. The molecule has 0 atom stereocenters. The molecular weight excluding hydrogens is 320 g/mol. The Kier molecular flexibility index (Phi) is 7.15. The Hall–Kier alpha value is -1.91. The molecular formula is C20H32O5. The maximum absolute atomic E-state index is 10.5. The lowest BCUT2D eigenvalue weighted by Crippen LogP contribution is -2.23. The van der Waals surface area contributed by atoms with E-state index in [-0.39, 0.29) is 16.9 Å². The number of aryl methyl sites for hydroxylation is 2. The highest BCUT2D eigenvalue weighted by atomic mass is 16.5. The van der Waals surface area contributed by atoms with Crippen LogP contribution in [-0.2, 0) is 22.4 Å². The summed E-state index contributed by atoms with van der Waals surface area (Å²) < 4.78 is 5.02. The van der Waals surface area contributed by atoms with E-state index >= 15 is 0 Å². The Morgan fingerprint density at radius 1 is 0.880 bits per heavy atom. The molecule has 5 heteroatoms. The van der Waals surface area contributed by atoms with Crippen molar-refractivity contribution in [1.82, 2.24) is 0 Å². The number of benzene rings is 1. The van der Waals surface area contributed by atoms with Crippen molar-refractivity contribution < 1.29 is 24.9 Å². The van der Waals surface area contributed by atoms with Gasteiger partial charge in [-0.1, -0.05) is 20.8 Å². The third-order valence-electron chi connectivity index (χ3n) is 4.37. The van der Waals surface area contributed by atoms with Crippen LogP contribution in [0.25, 0.3) is 0 Å². The number of rotatable bonds is 9. The van der Waals surface area contributed by atoms with Crippen LogP contribution >= 0.6 is 0 Å². The number of hydrogen-bond donors (Lipinski definition) is 3. The molecule has 0 spiro atoms. The summed E-state index contributed by atoms with van der Waals surface area (Å²) in [4.78, 5) is 10.5. The van der Waals surface area contributed by atoms with Gasteiger partial charge in [-0.3, -0.25) is 4.79 Å². The van der Waals surface area contributed by atoms with Gasteiger partial charge in [0.2, 0.25) is 5.75 Å². The van der Waals surface area contributed by atoms with E-state index in [0.29, 0.717) is 43.3 Å². The Morgan fingerprint density at radius 3 is 1.80 bits per heavy atom. The van der Waals surface area contributed by atoms with E-state index in [0.717, 1.165) is 12.8 Å². The van der Waals surface area contributed by atoms with Gasteiger partial charge in [-0.25, -0.2) is 0 Å². The summed E-state index contributed by atoms with van der Waals surface area (Å²) in [6.07, 6.45) is 4.37. The van der Waals surface area contributed by atoms with Gasteiger partial charge in [0.25, 0.3) is 6.47 Å². The molecule has 1 aromatic rings. The van der Waals surface area contributed by atoms with Crippen molar-refractivity contribution in [2.24, 2.45) is 5.41 Å². The van der Waals surface area contributed by atoms with Crippen molar-refractivity contribution in [2.45, 2.75) is 78.7 Å². The minimum atomic E-state index is -0.564. The van der Waals surface area contributed by atoms with Crippen LogP contribution in [0.5, 0.6) is 17.2 Å². The molecule has 3 N–H and O–H groups in total. The first-order valence-corrected chi connectivity index (χ1v) is 8.84. The SMILES string of the molecule is CC(C)(C)CCCc1cc(CCCC(C)(C)OC=O)c(O)c(O)c1O. The lowest BCUT2D eigenvalue weighted by Gasteiger charge is -2.22. The molecule has 5 nitrogen and oxygen atoms in total. The van der Waals surface area contributed by atoms with E-state index < -0.39 is 11.4 Å². The van der Waals surface area contributed by atoms with E-state index in [1.165, 1.54) is 0 Å². The molecule has 0 fully saturated rings. The van der Waals surface area contributed by atoms with Crippen LogP contribution in [0.15, 0.2) is 6.07 Å². The minimum absolute atomic E-state index is 0.210. The second-order valence-electron chi connectivity index (χ2n) is 8.48. The monoisotopic (exact) mass is 352 g/mol. The van der Waals surface area contributed by atoms with Crippen molar-refractivity contribution >= 4 is 6.47 Å². The third kappa shape index (κ3) is 6.85. The highest BCUT2D eigenvalue weighted by Gasteiger charge is 2.21. The van der Waals surface area contributed by atoms with Crippen LogP contribution in [0.3, 0.4) is 0 Å². The maximum atomic E-state index is 10.5. The number of phenols is 3. The molecule has 1 rings (SSSR count). The summed E-state index contributed by atoms with van der Waals surface area (Å²) >= 11 is 0. The van der Waals surface area contributed by atoms with Crippen molar-refractivity contribution in [2.75, 3.05) is 0 Å². The fraction of sp³-hybridized carbons (Fsp3) is 0.650. The van der Waals surface area contributed by atoms with Gasteiger partial charge in [0.15, 0.2) is 11.5 Å². The first-order valence-electron chi connectivity index (χ1n) is 8.84. The van der Waals surface area contributed by atoms with Gasteiger partial charge in [-0.15, -0.1) is 0 Å². The zero-order valence-corrected chi connectivity index (χ0v) is 16.1. The van der Waals surface area contributed by atoms with E-state index in [1.54, 1.807) is 6.07 Å². The Bertz CT molecular complexity index is 585. The molecule has 0 saturated heterocycles. The van der Waals surface area contributed by atoms with E-state index in [1.807, 2.05) is 13.8 Å². The molecule has 0 aromatic heterocycles. The number of carbonyl (C=O) groups excluding carboxylic acids is 1. The largest absolute Gasteiger partial charge is 0.504 e. The van der Waals surface area contributed by atoms with Crippen LogP contribution in [0.4, 0.5) is 0 Å². The van der Waals surface area contributed by atoms with Gasteiger partial charge in [-0.05, 0) is 75.0 Å². The molecule has 142 valence electrons. The standard InChI is InChI=1S/C20H32O5/c1-19(2,3)10-6-8-14-12-15(17(23)18(24)16(14)22)9-7-11-20(4,5)25-13-21/h12-13,22-24H,6-11H2,1-5H3.